The van der Waals surface area contributed by atoms with Gasteiger partial charge in [0.2, 0.25) is 23.4 Å². The van der Waals surface area contributed by atoms with Crippen LogP contribution in [0.4, 0.5) is 0 Å². The average Bonchev–Trinajstić information content (AvgIpc) is 2.64. The average molecular weight is 421 g/mol. The lowest BCUT2D eigenvalue weighted by atomic mass is 10.0. The Morgan fingerprint density at radius 2 is 1.75 bits per heavy atom. The maximum absolute atomic E-state index is 12.0. The number of carbonyl (C=O) groups excluding carboxylic acids is 4. The minimum Gasteiger partial charge on any atom is -0.481 e. The maximum Gasteiger partial charge on any atom is 0.303 e. The Hall–Kier alpha value is -2.73. The van der Waals surface area contributed by atoms with Crippen molar-refractivity contribution in [3.8, 4) is 0 Å². The van der Waals surface area contributed by atoms with Crippen molar-refractivity contribution in [1.29, 1.82) is 5.41 Å². The molecule has 0 saturated heterocycles. The zero-order valence-corrected chi connectivity index (χ0v) is 15.9. The summed E-state index contributed by atoms with van der Waals surface area (Å²) in [4.78, 5) is 57.7. The van der Waals surface area contributed by atoms with Crippen LogP contribution >= 0.6 is 11.6 Å². The van der Waals surface area contributed by atoms with Crippen LogP contribution in [0, 0.1) is 5.41 Å². The number of aliphatic carboxylic acids is 1. The molecule has 0 heterocycles. The van der Waals surface area contributed by atoms with E-state index >= 15 is 0 Å². The smallest absolute Gasteiger partial charge is 0.303 e. The van der Waals surface area contributed by atoms with Crippen molar-refractivity contribution in [2.45, 2.75) is 37.8 Å². The first-order valence-corrected chi connectivity index (χ1v) is 8.87. The SMILES string of the molecule is N=C(N)NCCC[C@H](NC(=O)CNC(=O)[C@@H](N)CCC(=O)O)C(=O)C(=O)CCl. The molecule has 0 rings (SSSR count). The summed E-state index contributed by atoms with van der Waals surface area (Å²) in [5.74, 6) is -5.11. The first kappa shape index (κ1) is 25.3. The molecule has 0 spiro atoms. The van der Waals surface area contributed by atoms with Crippen molar-refractivity contribution in [3.05, 3.63) is 0 Å². The summed E-state index contributed by atoms with van der Waals surface area (Å²) in [5.41, 5.74) is 10.6. The number of amides is 2. The van der Waals surface area contributed by atoms with Gasteiger partial charge in [-0.3, -0.25) is 29.4 Å². The fraction of sp³-hybridized carbons (Fsp3) is 0.600. The van der Waals surface area contributed by atoms with Gasteiger partial charge in [0.1, 0.15) is 0 Å². The van der Waals surface area contributed by atoms with Crippen LogP contribution < -0.4 is 27.4 Å². The topological polar surface area (TPSA) is 218 Å². The summed E-state index contributed by atoms with van der Waals surface area (Å²) in [5, 5.41) is 22.7. The molecule has 0 radical (unpaired) electrons. The highest BCUT2D eigenvalue weighted by Gasteiger charge is 2.26. The van der Waals surface area contributed by atoms with Crippen LogP contribution in [0.5, 0.6) is 0 Å². The number of nitrogens with two attached hydrogens (primary N) is 2. The quantitative estimate of drug-likeness (QED) is 0.0514. The monoisotopic (exact) mass is 420 g/mol. The second-order valence-corrected chi connectivity index (χ2v) is 6.05. The van der Waals surface area contributed by atoms with Crippen molar-refractivity contribution in [3.63, 3.8) is 0 Å². The highest BCUT2D eigenvalue weighted by Crippen LogP contribution is 2.01. The number of carboxylic acids is 1. The number of hydrogen-bond donors (Lipinski definition) is 7. The van der Waals surface area contributed by atoms with Gasteiger partial charge in [0.25, 0.3) is 0 Å². The number of ketones is 2. The maximum atomic E-state index is 12.0. The lowest BCUT2D eigenvalue weighted by Crippen LogP contribution is -2.50. The predicted octanol–water partition coefficient (Wildman–Crippen LogP) is -2.58. The number of Topliss-reactive ketones (excluding diaryl/α,β-unsaturated/α-hetero) is 2. The molecule has 12 nitrogen and oxygen atoms in total. The molecule has 0 aromatic rings. The normalized spacial score (nSPS) is 12.4. The van der Waals surface area contributed by atoms with E-state index in [1.54, 1.807) is 0 Å². The Morgan fingerprint density at radius 3 is 2.29 bits per heavy atom. The molecule has 158 valence electrons. The van der Waals surface area contributed by atoms with Crippen molar-refractivity contribution < 1.29 is 29.1 Å². The first-order chi connectivity index (χ1) is 13.1. The zero-order valence-electron chi connectivity index (χ0n) is 15.1. The van der Waals surface area contributed by atoms with Gasteiger partial charge in [-0.15, -0.1) is 11.6 Å². The van der Waals surface area contributed by atoms with Crippen LogP contribution in [0.2, 0.25) is 0 Å². The van der Waals surface area contributed by atoms with Crippen LogP contribution in [-0.2, 0) is 24.0 Å². The second-order valence-electron chi connectivity index (χ2n) is 5.78. The van der Waals surface area contributed by atoms with E-state index in [0.717, 1.165) is 0 Å². The third-order valence-corrected chi connectivity index (χ3v) is 3.70. The predicted molar refractivity (Wildman–Crippen MR) is 99.7 cm³/mol. The standard InChI is InChI=1S/C15H25ClN6O6/c16-6-10(23)13(27)9(2-1-5-20-15(18)19)22-11(24)7-21-14(28)8(17)3-4-12(25)26/h8-9H,1-7,17H2,(H,21,28)(H,22,24)(H,25,26)(H4,18,19,20)/t8-,9-/m0/s1. The van der Waals surface area contributed by atoms with E-state index in [1.165, 1.54) is 0 Å². The van der Waals surface area contributed by atoms with Gasteiger partial charge in [-0.25, -0.2) is 0 Å². The van der Waals surface area contributed by atoms with Gasteiger partial charge in [0.15, 0.2) is 5.96 Å². The summed E-state index contributed by atoms with van der Waals surface area (Å²) >= 11 is 5.37. The number of alkyl halides is 1. The Labute approximate surface area is 166 Å². The molecule has 0 aromatic carbocycles. The first-order valence-electron chi connectivity index (χ1n) is 8.33. The Bertz CT molecular complexity index is 614. The fourth-order valence-electron chi connectivity index (χ4n) is 2.01. The molecule has 0 aliphatic carbocycles. The molecule has 0 unspecified atom stereocenters. The van der Waals surface area contributed by atoms with Crippen LogP contribution in [-0.4, -0.2) is 71.5 Å². The van der Waals surface area contributed by atoms with Crippen molar-refractivity contribution in [1.82, 2.24) is 16.0 Å². The van der Waals surface area contributed by atoms with E-state index < -0.39 is 53.9 Å². The number of hydrogen-bond acceptors (Lipinski definition) is 7. The zero-order chi connectivity index (χ0) is 21.7. The summed E-state index contributed by atoms with van der Waals surface area (Å²) in [7, 11) is 0. The third-order valence-electron chi connectivity index (χ3n) is 3.46. The molecule has 2 atom stereocenters. The lowest BCUT2D eigenvalue weighted by Gasteiger charge is -2.18. The van der Waals surface area contributed by atoms with Crippen molar-refractivity contribution in [2.75, 3.05) is 19.0 Å². The van der Waals surface area contributed by atoms with Crippen molar-refractivity contribution in [2.24, 2.45) is 11.5 Å². The van der Waals surface area contributed by atoms with Crippen molar-refractivity contribution >= 4 is 46.9 Å². The molecule has 9 N–H and O–H groups in total. The van der Waals surface area contributed by atoms with Gasteiger partial charge >= 0.3 is 5.97 Å². The molecular weight excluding hydrogens is 396 g/mol. The number of carboxylic acid groups (broad SMARTS) is 1. The summed E-state index contributed by atoms with van der Waals surface area (Å²) in [6, 6.07) is -2.25. The number of carbonyl (C=O) groups is 5. The minimum atomic E-state index is -1.15. The molecule has 0 fully saturated rings. The van der Waals surface area contributed by atoms with Gasteiger partial charge in [-0.2, -0.15) is 0 Å². The molecule has 2 amide bonds. The Kier molecular flexibility index (Phi) is 12.1. The number of guanidine groups is 1. The van der Waals surface area contributed by atoms with Crippen LogP contribution in [0.1, 0.15) is 25.7 Å². The Balaban J connectivity index is 4.61. The number of halogens is 1. The third kappa shape index (κ3) is 11.1. The fourth-order valence-corrected chi connectivity index (χ4v) is 2.14. The van der Waals surface area contributed by atoms with Gasteiger partial charge in [0.05, 0.1) is 24.5 Å². The molecule has 0 aromatic heterocycles. The molecular formula is C15H25ClN6O6. The summed E-state index contributed by atoms with van der Waals surface area (Å²) in [6.45, 7) is -0.261. The van der Waals surface area contributed by atoms with Gasteiger partial charge < -0.3 is 32.5 Å². The summed E-state index contributed by atoms with van der Waals surface area (Å²) in [6.07, 6.45) is 0.00126. The van der Waals surface area contributed by atoms with Gasteiger partial charge in [-0.1, -0.05) is 0 Å². The molecule has 28 heavy (non-hydrogen) atoms. The van der Waals surface area contributed by atoms with E-state index in [2.05, 4.69) is 16.0 Å². The number of nitrogens with one attached hydrogen (secondary N) is 4. The van der Waals surface area contributed by atoms with Crippen LogP contribution in [0.25, 0.3) is 0 Å². The molecule has 0 saturated carbocycles. The minimum absolute atomic E-state index is 0.0829. The van der Waals surface area contributed by atoms with E-state index in [-0.39, 0.29) is 31.8 Å². The molecule has 0 aliphatic heterocycles. The van der Waals surface area contributed by atoms with Crippen LogP contribution in [0.15, 0.2) is 0 Å². The molecule has 0 aliphatic rings. The largest absolute Gasteiger partial charge is 0.481 e. The highest BCUT2D eigenvalue weighted by molar-refractivity contribution is 6.48. The molecule has 0 bridgehead atoms. The second kappa shape index (κ2) is 13.4. The Morgan fingerprint density at radius 1 is 1.11 bits per heavy atom. The molecule has 13 heteroatoms. The van der Waals surface area contributed by atoms with Crippen LogP contribution in [0.3, 0.4) is 0 Å². The van der Waals surface area contributed by atoms with Gasteiger partial charge in [0, 0.05) is 13.0 Å². The van der Waals surface area contributed by atoms with E-state index in [9.17, 15) is 24.0 Å². The van der Waals surface area contributed by atoms with Gasteiger partial charge in [-0.05, 0) is 19.3 Å². The number of rotatable bonds is 14. The highest BCUT2D eigenvalue weighted by atomic mass is 35.5. The van der Waals surface area contributed by atoms with E-state index in [4.69, 9.17) is 33.6 Å². The summed E-state index contributed by atoms with van der Waals surface area (Å²) < 4.78 is 0. The lowest BCUT2D eigenvalue weighted by molar-refractivity contribution is -0.138. The van der Waals surface area contributed by atoms with E-state index in [0.29, 0.717) is 6.42 Å². The van der Waals surface area contributed by atoms with E-state index in [1.807, 2.05) is 0 Å².